The number of hydrogen-bond acceptors (Lipinski definition) is 2. The molecule has 1 aromatic carbocycles. The van der Waals surface area contributed by atoms with Crippen LogP contribution in [0, 0.1) is 6.92 Å². The van der Waals surface area contributed by atoms with Gasteiger partial charge in [-0.2, -0.15) is 0 Å². The quantitative estimate of drug-likeness (QED) is 0.922. The number of imidazole rings is 1. The summed E-state index contributed by atoms with van der Waals surface area (Å²) < 4.78 is 2.03. The maximum atomic E-state index is 6.23. The molecule has 1 unspecified atom stereocenters. The molecule has 0 aliphatic heterocycles. The monoisotopic (exact) mass is 263 g/mol. The van der Waals surface area contributed by atoms with Crippen LogP contribution in [0.25, 0.3) is 0 Å². The number of aromatic nitrogens is 2. The van der Waals surface area contributed by atoms with Gasteiger partial charge in [-0.25, -0.2) is 4.98 Å². The molecule has 2 N–H and O–H groups in total. The van der Waals surface area contributed by atoms with Gasteiger partial charge >= 0.3 is 0 Å². The van der Waals surface area contributed by atoms with Crippen molar-refractivity contribution in [2.75, 3.05) is 0 Å². The fourth-order valence-corrected chi connectivity index (χ4v) is 2.36. The van der Waals surface area contributed by atoms with Crippen molar-refractivity contribution in [1.82, 2.24) is 9.55 Å². The van der Waals surface area contributed by atoms with E-state index in [1.54, 1.807) is 0 Å². The Labute approximate surface area is 113 Å². The van der Waals surface area contributed by atoms with Crippen LogP contribution in [0.4, 0.5) is 0 Å². The second-order valence-electron chi connectivity index (χ2n) is 4.60. The van der Waals surface area contributed by atoms with Crippen molar-refractivity contribution in [2.45, 2.75) is 25.8 Å². The van der Waals surface area contributed by atoms with Crippen LogP contribution in [0.15, 0.2) is 30.6 Å². The highest BCUT2D eigenvalue weighted by Gasteiger charge is 2.10. The highest BCUT2D eigenvalue weighted by atomic mass is 35.5. The van der Waals surface area contributed by atoms with Crippen molar-refractivity contribution in [3.63, 3.8) is 0 Å². The fourth-order valence-electron chi connectivity index (χ4n) is 2.13. The van der Waals surface area contributed by atoms with Gasteiger partial charge in [0.2, 0.25) is 0 Å². The van der Waals surface area contributed by atoms with E-state index >= 15 is 0 Å². The Morgan fingerprint density at radius 3 is 2.83 bits per heavy atom. The summed E-state index contributed by atoms with van der Waals surface area (Å²) in [6.07, 6.45) is 5.53. The van der Waals surface area contributed by atoms with Crippen LogP contribution in [0.2, 0.25) is 5.02 Å². The zero-order chi connectivity index (χ0) is 13.1. The highest BCUT2D eigenvalue weighted by molar-refractivity contribution is 6.30. The van der Waals surface area contributed by atoms with Crippen molar-refractivity contribution in [2.24, 2.45) is 12.8 Å². The summed E-state index contributed by atoms with van der Waals surface area (Å²) in [6.45, 7) is 2.04. The molecule has 0 bridgehead atoms. The minimum absolute atomic E-state index is 0.0268. The number of nitrogens with two attached hydrogens (primary N) is 1. The van der Waals surface area contributed by atoms with E-state index in [-0.39, 0.29) is 6.04 Å². The Bertz CT molecular complexity index is 534. The van der Waals surface area contributed by atoms with Crippen molar-refractivity contribution < 1.29 is 0 Å². The second kappa shape index (κ2) is 5.55. The van der Waals surface area contributed by atoms with Crippen LogP contribution >= 0.6 is 11.6 Å². The predicted octanol–water partition coefficient (Wildman–Crippen LogP) is 3.01. The van der Waals surface area contributed by atoms with Crippen LogP contribution in [-0.4, -0.2) is 9.55 Å². The van der Waals surface area contributed by atoms with E-state index in [9.17, 15) is 0 Å². The summed E-state index contributed by atoms with van der Waals surface area (Å²) in [7, 11) is 2.00. The molecule has 1 heterocycles. The molecule has 0 aliphatic carbocycles. The van der Waals surface area contributed by atoms with E-state index < -0.39 is 0 Å². The Morgan fingerprint density at radius 1 is 1.44 bits per heavy atom. The standard InChI is InChI=1S/C14H18ClN3/c1-10-9-11(15)3-4-12(10)13(16)5-6-14-17-7-8-18(14)2/h3-4,7-9,13H,5-6,16H2,1-2H3. The van der Waals surface area contributed by atoms with Crippen molar-refractivity contribution in [3.8, 4) is 0 Å². The molecule has 18 heavy (non-hydrogen) atoms. The van der Waals surface area contributed by atoms with E-state index in [4.69, 9.17) is 17.3 Å². The third-order valence-electron chi connectivity index (χ3n) is 3.23. The topological polar surface area (TPSA) is 43.8 Å². The first-order valence-corrected chi connectivity index (χ1v) is 6.43. The first kappa shape index (κ1) is 13.1. The maximum Gasteiger partial charge on any atom is 0.108 e. The zero-order valence-corrected chi connectivity index (χ0v) is 11.5. The lowest BCUT2D eigenvalue weighted by molar-refractivity contribution is 0.618. The van der Waals surface area contributed by atoms with E-state index in [0.717, 1.165) is 34.8 Å². The number of halogens is 1. The van der Waals surface area contributed by atoms with E-state index in [0.29, 0.717) is 0 Å². The molecule has 0 aliphatic rings. The van der Waals surface area contributed by atoms with Gasteiger partial charge in [0.15, 0.2) is 0 Å². The third kappa shape index (κ3) is 2.92. The maximum absolute atomic E-state index is 6.23. The molecule has 0 spiro atoms. The molecular weight excluding hydrogens is 246 g/mol. The van der Waals surface area contributed by atoms with Gasteiger partial charge in [-0.3, -0.25) is 0 Å². The molecule has 1 atom stereocenters. The highest BCUT2D eigenvalue weighted by Crippen LogP contribution is 2.22. The average Bonchev–Trinajstić information content (AvgIpc) is 2.72. The van der Waals surface area contributed by atoms with Gasteiger partial charge < -0.3 is 10.3 Å². The molecule has 1 aromatic heterocycles. The molecule has 2 rings (SSSR count). The Balaban J connectivity index is 2.03. The lowest BCUT2D eigenvalue weighted by Gasteiger charge is -2.14. The van der Waals surface area contributed by atoms with E-state index in [1.165, 1.54) is 0 Å². The summed E-state index contributed by atoms with van der Waals surface area (Å²) in [6, 6.07) is 5.89. The van der Waals surface area contributed by atoms with Crippen LogP contribution in [0.5, 0.6) is 0 Å². The molecular formula is C14H18ClN3. The number of nitrogens with zero attached hydrogens (tertiary/aromatic N) is 2. The third-order valence-corrected chi connectivity index (χ3v) is 3.47. The van der Waals surface area contributed by atoms with Gasteiger partial charge in [-0.1, -0.05) is 17.7 Å². The van der Waals surface area contributed by atoms with Gasteiger partial charge in [0.1, 0.15) is 5.82 Å². The SMILES string of the molecule is Cc1cc(Cl)ccc1C(N)CCc1nccn1C. The second-order valence-corrected chi connectivity index (χ2v) is 5.04. The summed E-state index contributed by atoms with van der Waals surface area (Å²) in [4.78, 5) is 4.30. The van der Waals surface area contributed by atoms with Crippen LogP contribution in [0.3, 0.4) is 0 Å². The molecule has 2 aromatic rings. The summed E-state index contributed by atoms with van der Waals surface area (Å²) in [5.74, 6) is 1.07. The number of rotatable bonds is 4. The zero-order valence-electron chi connectivity index (χ0n) is 10.7. The minimum Gasteiger partial charge on any atom is -0.338 e. The lowest BCUT2D eigenvalue weighted by Crippen LogP contribution is -2.13. The molecule has 3 nitrogen and oxygen atoms in total. The van der Waals surface area contributed by atoms with Crippen LogP contribution < -0.4 is 5.73 Å². The molecule has 4 heteroatoms. The van der Waals surface area contributed by atoms with Gasteiger partial charge in [0, 0.05) is 36.9 Å². The largest absolute Gasteiger partial charge is 0.338 e. The van der Waals surface area contributed by atoms with Crippen molar-refractivity contribution in [3.05, 3.63) is 52.6 Å². The molecule has 96 valence electrons. The van der Waals surface area contributed by atoms with Gasteiger partial charge in [-0.15, -0.1) is 0 Å². The van der Waals surface area contributed by atoms with Crippen molar-refractivity contribution >= 4 is 11.6 Å². The predicted molar refractivity (Wildman–Crippen MR) is 74.6 cm³/mol. The molecule has 0 amide bonds. The molecule has 0 fully saturated rings. The minimum atomic E-state index is 0.0268. The van der Waals surface area contributed by atoms with E-state index in [2.05, 4.69) is 4.98 Å². The fraction of sp³-hybridized carbons (Fsp3) is 0.357. The van der Waals surface area contributed by atoms with Gasteiger partial charge in [0.05, 0.1) is 0 Å². The van der Waals surface area contributed by atoms with Gasteiger partial charge in [-0.05, 0) is 36.6 Å². The summed E-state index contributed by atoms with van der Waals surface area (Å²) >= 11 is 5.95. The van der Waals surface area contributed by atoms with Crippen LogP contribution in [-0.2, 0) is 13.5 Å². The first-order valence-electron chi connectivity index (χ1n) is 6.05. The normalized spacial score (nSPS) is 12.7. The number of aryl methyl sites for hydroxylation is 3. The Kier molecular flexibility index (Phi) is 4.04. The Morgan fingerprint density at radius 2 is 2.22 bits per heavy atom. The van der Waals surface area contributed by atoms with Crippen LogP contribution in [0.1, 0.15) is 29.4 Å². The Hall–Kier alpha value is -1.32. The van der Waals surface area contributed by atoms with E-state index in [1.807, 2.05) is 49.1 Å². The number of benzene rings is 1. The summed E-state index contributed by atoms with van der Waals surface area (Å²) in [5.41, 5.74) is 8.54. The van der Waals surface area contributed by atoms with Crippen molar-refractivity contribution in [1.29, 1.82) is 0 Å². The first-order chi connectivity index (χ1) is 8.58. The smallest absolute Gasteiger partial charge is 0.108 e. The lowest BCUT2D eigenvalue weighted by atomic mass is 9.98. The molecule has 0 saturated carbocycles. The molecule has 0 saturated heterocycles. The average molecular weight is 264 g/mol. The summed E-state index contributed by atoms with van der Waals surface area (Å²) in [5, 5.41) is 0.757. The number of hydrogen-bond donors (Lipinski definition) is 1. The van der Waals surface area contributed by atoms with Gasteiger partial charge in [0.25, 0.3) is 0 Å². The molecule has 0 radical (unpaired) electrons.